The molecule has 0 nitrogen and oxygen atoms in total. The van der Waals surface area contributed by atoms with E-state index in [9.17, 15) is 0 Å². The van der Waals surface area contributed by atoms with Crippen molar-refractivity contribution in [2.75, 3.05) is 0 Å². The predicted octanol–water partition coefficient (Wildman–Crippen LogP) is 7.82. The molecule has 5 unspecified atom stereocenters. The van der Waals surface area contributed by atoms with Crippen molar-refractivity contribution in [3.8, 4) is 0 Å². The van der Waals surface area contributed by atoms with Gasteiger partial charge in [0.1, 0.15) is 0 Å². The molecule has 0 spiro atoms. The summed E-state index contributed by atoms with van der Waals surface area (Å²) in [5, 5.41) is 0. The van der Waals surface area contributed by atoms with Crippen LogP contribution in [-0.2, 0) is 5.41 Å². The van der Waals surface area contributed by atoms with Crippen LogP contribution in [0.1, 0.15) is 50.5 Å². The minimum Gasteiger partial charge on any atom is -0.103 e. The molecular weight excluding hydrogens is 360 g/mol. The van der Waals surface area contributed by atoms with Crippen LogP contribution in [0.3, 0.4) is 0 Å². The maximum absolute atomic E-state index is 4.04. The van der Waals surface area contributed by atoms with Crippen LogP contribution in [0.5, 0.6) is 0 Å². The molecule has 5 rings (SSSR count). The zero-order valence-corrected chi connectivity index (χ0v) is 18.2. The van der Waals surface area contributed by atoms with Gasteiger partial charge in [-0.25, -0.2) is 0 Å². The third-order valence-electron chi connectivity index (χ3n) is 8.71. The van der Waals surface area contributed by atoms with Crippen molar-refractivity contribution in [1.82, 2.24) is 0 Å². The molecule has 0 amide bonds. The summed E-state index contributed by atoms with van der Waals surface area (Å²) in [4.78, 5) is 0. The Morgan fingerprint density at radius 3 is 1.93 bits per heavy atom. The predicted molar refractivity (Wildman–Crippen MR) is 128 cm³/mol. The summed E-state index contributed by atoms with van der Waals surface area (Å²) in [7, 11) is 0. The van der Waals surface area contributed by atoms with Gasteiger partial charge in [-0.3, -0.25) is 0 Å². The lowest BCUT2D eigenvalue weighted by Crippen LogP contribution is -2.46. The number of allylic oxidation sites excluding steroid dienone is 9. The van der Waals surface area contributed by atoms with Gasteiger partial charge in [0.25, 0.3) is 0 Å². The molecule has 2 saturated carbocycles. The fourth-order valence-corrected chi connectivity index (χ4v) is 7.66. The Hall–Kier alpha value is -2.08. The summed E-state index contributed by atoms with van der Waals surface area (Å²) in [6.07, 6.45) is 30.8. The molecule has 4 aliphatic carbocycles. The average molecular weight is 397 g/mol. The van der Waals surface area contributed by atoms with Crippen molar-refractivity contribution in [3.05, 3.63) is 97.2 Å². The van der Waals surface area contributed by atoms with Crippen molar-refractivity contribution in [3.63, 3.8) is 0 Å². The second-order valence-electron chi connectivity index (χ2n) is 9.94. The SMILES string of the molecule is C=CCCCC(c1ccccc1)(C1CCCC1)C1C2C=CC=CC2C2C=CC=CC21. The van der Waals surface area contributed by atoms with E-state index < -0.39 is 0 Å². The van der Waals surface area contributed by atoms with E-state index in [-0.39, 0.29) is 5.41 Å². The summed E-state index contributed by atoms with van der Waals surface area (Å²) >= 11 is 0. The summed E-state index contributed by atoms with van der Waals surface area (Å²) < 4.78 is 0. The number of fused-ring (bicyclic) bond motifs is 3. The van der Waals surface area contributed by atoms with Gasteiger partial charge in [0.05, 0.1) is 0 Å². The van der Waals surface area contributed by atoms with E-state index in [1.807, 2.05) is 0 Å². The number of hydrogen-bond donors (Lipinski definition) is 0. The van der Waals surface area contributed by atoms with Gasteiger partial charge in [0.2, 0.25) is 0 Å². The highest BCUT2D eigenvalue weighted by molar-refractivity contribution is 5.36. The van der Waals surface area contributed by atoms with Gasteiger partial charge in [-0.2, -0.15) is 0 Å². The van der Waals surface area contributed by atoms with Gasteiger partial charge in [-0.05, 0) is 73.2 Å². The normalized spacial score (nSPS) is 33.9. The Morgan fingerprint density at radius 1 is 0.800 bits per heavy atom. The number of rotatable bonds is 7. The van der Waals surface area contributed by atoms with Crippen molar-refractivity contribution >= 4 is 0 Å². The minimum absolute atomic E-state index is 0.258. The molecule has 5 atom stereocenters. The van der Waals surface area contributed by atoms with Gasteiger partial charge < -0.3 is 0 Å². The topological polar surface area (TPSA) is 0 Å². The fraction of sp³-hybridized carbons (Fsp3) is 0.467. The van der Waals surface area contributed by atoms with Crippen molar-refractivity contribution in [1.29, 1.82) is 0 Å². The van der Waals surface area contributed by atoms with Crippen LogP contribution in [0.25, 0.3) is 0 Å². The summed E-state index contributed by atoms with van der Waals surface area (Å²) in [6, 6.07) is 11.7. The molecule has 156 valence electrons. The Kier molecular flexibility index (Phi) is 5.68. The van der Waals surface area contributed by atoms with E-state index in [2.05, 4.69) is 91.6 Å². The molecule has 0 N–H and O–H groups in total. The first kappa shape index (κ1) is 19.9. The third kappa shape index (κ3) is 3.20. The van der Waals surface area contributed by atoms with Gasteiger partial charge in [-0.1, -0.05) is 97.9 Å². The lowest BCUT2D eigenvalue weighted by Gasteiger charge is -2.49. The van der Waals surface area contributed by atoms with Gasteiger partial charge >= 0.3 is 0 Å². The standard InChI is InChI=1S/C30H36/c1-2-3-13-22-30(24-16-7-8-17-24,23-14-5-4-6-15-23)29-27-20-11-9-18-25(27)26-19-10-12-21-28(26)29/h2,4-6,9-12,14-15,18-21,24-29H,1,3,7-8,13,16-17,22H2. The lowest BCUT2D eigenvalue weighted by molar-refractivity contribution is 0.106. The summed E-state index contributed by atoms with van der Waals surface area (Å²) in [6.45, 7) is 4.04. The molecular formula is C30H36. The Bertz CT molecular complexity index is 813. The monoisotopic (exact) mass is 396 g/mol. The van der Waals surface area contributed by atoms with Crippen LogP contribution in [0.4, 0.5) is 0 Å². The molecule has 0 radical (unpaired) electrons. The van der Waals surface area contributed by atoms with Crippen molar-refractivity contribution in [2.24, 2.45) is 35.5 Å². The Balaban J connectivity index is 1.67. The van der Waals surface area contributed by atoms with Crippen LogP contribution in [0.2, 0.25) is 0 Å². The highest BCUT2D eigenvalue weighted by atomic mass is 14.6. The Labute approximate surface area is 183 Å². The summed E-state index contributed by atoms with van der Waals surface area (Å²) in [5.41, 5.74) is 1.87. The van der Waals surface area contributed by atoms with Crippen LogP contribution >= 0.6 is 0 Å². The minimum atomic E-state index is 0.258. The molecule has 1 aromatic rings. The van der Waals surface area contributed by atoms with Crippen LogP contribution < -0.4 is 0 Å². The molecule has 30 heavy (non-hydrogen) atoms. The van der Waals surface area contributed by atoms with E-state index in [0.717, 1.165) is 12.3 Å². The van der Waals surface area contributed by atoms with Crippen LogP contribution in [0.15, 0.2) is 91.6 Å². The summed E-state index contributed by atoms with van der Waals surface area (Å²) in [5.74, 6) is 4.05. The Morgan fingerprint density at radius 2 is 1.37 bits per heavy atom. The molecule has 0 saturated heterocycles. The molecule has 0 aromatic heterocycles. The zero-order valence-electron chi connectivity index (χ0n) is 18.2. The van der Waals surface area contributed by atoms with E-state index in [1.165, 1.54) is 38.5 Å². The van der Waals surface area contributed by atoms with Crippen LogP contribution in [-0.4, -0.2) is 0 Å². The molecule has 0 aliphatic heterocycles. The zero-order chi connectivity index (χ0) is 20.4. The first-order chi connectivity index (χ1) is 14.9. The largest absolute Gasteiger partial charge is 0.103 e. The van der Waals surface area contributed by atoms with E-state index in [0.29, 0.717) is 29.6 Å². The second kappa shape index (κ2) is 8.58. The first-order valence-electron chi connectivity index (χ1n) is 12.2. The van der Waals surface area contributed by atoms with E-state index in [1.54, 1.807) is 5.56 Å². The van der Waals surface area contributed by atoms with Crippen molar-refractivity contribution < 1.29 is 0 Å². The second-order valence-corrected chi connectivity index (χ2v) is 9.94. The van der Waals surface area contributed by atoms with E-state index >= 15 is 0 Å². The van der Waals surface area contributed by atoms with Crippen molar-refractivity contribution in [2.45, 2.75) is 50.4 Å². The molecule has 1 aromatic carbocycles. The smallest absolute Gasteiger partial charge is 0.00212 e. The molecule has 0 heteroatoms. The maximum atomic E-state index is 4.04. The number of hydrogen-bond acceptors (Lipinski definition) is 0. The molecule has 4 aliphatic rings. The highest BCUT2D eigenvalue weighted by Gasteiger charge is 2.58. The van der Waals surface area contributed by atoms with E-state index in [4.69, 9.17) is 0 Å². The first-order valence-corrected chi connectivity index (χ1v) is 12.2. The third-order valence-corrected chi connectivity index (χ3v) is 8.71. The quantitative estimate of drug-likeness (QED) is 0.325. The molecule has 0 bridgehead atoms. The lowest BCUT2D eigenvalue weighted by atomic mass is 9.54. The van der Waals surface area contributed by atoms with Gasteiger partial charge in [0, 0.05) is 5.41 Å². The highest BCUT2D eigenvalue weighted by Crippen LogP contribution is 2.63. The molecule has 2 fully saturated rings. The molecule has 0 heterocycles. The fourth-order valence-electron chi connectivity index (χ4n) is 7.66. The number of benzene rings is 1. The number of unbranched alkanes of at least 4 members (excludes halogenated alkanes) is 1. The van der Waals surface area contributed by atoms with Gasteiger partial charge in [-0.15, -0.1) is 6.58 Å². The average Bonchev–Trinajstić information content (AvgIpc) is 3.45. The van der Waals surface area contributed by atoms with Gasteiger partial charge in [0.15, 0.2) is 0 Å². The van der Waals surface area contributed by atoms with Crippen LogP contribution in [0, 0.1) is 35.5 Å². The maximum Gasteiger partial charge on any atom is 0.00212 e.